The largest absolute Gasteiger partial charge is 0.481 e. The summed E-state index contributed by atoms with van der Waals surface area (Å²) in [4.78, 5) is 15.4. The highest BCUT2D eigenvalue weighted by atomic mass is 32.2. The summed E-state index contributed by atoms with van der Waals surface area (Å²) < 4.78 is 0. The molecule has 2 rings (SSSR count). The Labute approximate surface area is 97.3 Å². The molecule has 0 saturated heterocycles. The lowest BCUT2D eigenvalue weighted by molar-refractivity contribution is -0.133. The molecule has 0 fully saturated rings. The van der Waals surface area contributed by atoms with Crippen molar-refractivity contribution in [1.82, 2.24) is 4.98 Å². The van der Waals surface area contributed by atoms with Crippen LogP contribution in [0, 0.1) is 11.3 Å². The van der Waals surface area contributed by atoms with Gasteiger partial charge in [0.25, 0.3) is 0 Å². The van der Waals surface area contributed by atoms with Crippen LogP contribution >= 0.6 is 11.8 Å². The van der Waals surface area contributed by atoms with Gasteiger partial charge < -0.3 is 5.11 Å². The summed E-state index contributed by atoms with van der Waals surface area (Å²) in [5.41, 5.74) is 2.51. The number of fused-ring (bicyclic) bond motifs is 1. The fourth-order valence-electron chi connectivity index (χ4n) is 1.78. The number of hydrogen-bond donors (Lipinski definition) is 1. The second-order valence-corrected chi connectivity index (χ2v) is 4.61. The number of nitriles is 1. The van der Waals surface area contributed by atoms with E-state index in [0.29, 0.717) is 10.6 Å². The first-order valence-electron chi connectivity index (χ1n) is 4.98. The zero-order valence-electron chi connectivity index (χ0n) is 8.56. The van der Waals surface area contributed by atoms with E-state index >= 15 is 0 Å². The van der Waals surface area contributed by atoms with Gasteiger partial charge in [-0.15, -0.1) is 11.8 Å². The first-order valence-corrected chi connectivity index (χ1v) is 5.96. The minimum absolute atomic E-state index is 0.0326. The second-order valence-electron chi connectivity index (χ2n) is 3.59. The van der Waals surface area contributed by atoms with Crippen molar-refractivity contribution in [1.29, 1.82) is 5.26 Å². The normalized spacial score (nSPS) is 13.2. The lowest BCUT2D eigenvalue weighted by atomic mass is 10.2. The minimum Gasteiger partial charge on any atom is -0.481 e. The van der Waals surface area contributed by atoms with Crippen molar-refractivity contribution in [2.45, 2.75) is 24.2 Å². The molecule has 0 radical (unpaired) electrons. The SMILES string of the molecule is N#Cc1nc2c(cc1SCC(=O)O)CCC2. The highest BCUT2D eigenvalue weighted by molar-refractivity contribution is 8.00. The third kappa shape index (κ3) is 2.17. The van der Waals surface area contributed by atoms with Gasteiger partial charge in [0.2, 0.25) is 0 Å². The molecule has 1 heterocycles. The number of thioether (sulfide) groups is 1. The zero-order chi connectivity index (χ0) is 11.5. The van der Waals surface area contributed by atoms with Crippen LogP contribution < -0.4 is 0 Å². The Morgan fingerprint density at radius 3 is 3.12 bits per heavy atom. The molecule has 1 aromatic rings. The summed E-state index contributed by atoms with van der Waals surface area (Å²) in [6.45, 7) is 0. The molecule has 0 amide bonds. The molecule has 4 nitrogen and oxygen atoms in total. The number of aromatic nitrogens is 1. The Bertz CT molecular complexity index is 480. The zero-order valence-corrected chi connectivity index (χ0v) is 9.38. The lowest BCUT2D eigenvalue weighted by Crippen LogP contribution is -2.00. The molecule has 1 N–H and O–H groups in total. The van der Waals surface area contributed by atoms with Gasteiger partial charge in [-0.25, -0.2) is 4.98 Å². The molecule has 0 aliphatic heterocycles. The van der Waals surface area contributed by atoms with Crippen LogP contribution in [0.3, 0.4) is 0 Å². The highest BCUT2D eigenvalue weighted by Gasteiger charge is 2.16. The number of carboxylic acids is 1. The monoisotopic (exact) mass is 234 g/mol. The fraction of sp³-hybridized carbons (Fsp3) is 0.364. The summed E-state index contributed by atoms with van der Waals surface area (Å²) >= 11 is 1.16. The quantitative estimate of drug-likeness (QED) is 0.804. The van der Waals surface area contributed by atoms with E-state index in [1.54, 1.807) is 0 Å². The molecule has 1 aliphatic carbocycles. The summed E-state index contributed by atoms with van der Waals surface area (Å²) in [7, 11) is 0. The number of pyridine rings is 1. The maximum absolute atomic E-state index is 10.5. The van der Waals surface area contributed by atoms with Gasteiger partial charge in [-0.1, -0.05) is 0 Å². The number of aliphatic carboxylic acids is 1. The van der Waals surface area contributed by atoms with Gasteiger partial charge in [-0.2, -0.15) is 5.26 Å². The smallest absolute Gasteiger partial charge is 0.313 e. The number of carboxylic acid groups (broad SMARTS) is 1. The van der Waals surface area contributed by atoms with E-state index in [1.807, 2.05) is 12.1 Å². The second kappa shape index (κ2) is 4.54. The third-order valence-corrected chi connectivity index (χ3v) is 3.49. The molecule has 0 saturated carbocycles. The molecule has 0 aromatic carbocycles. The van der Waals surface area contributed by atoms with Gasteiger partial charge in [-0.3, -0.25) is 4.79 Å². The van der Waals surface area contributed by atoms with Gasteiger partial charge in [0.05, 0.1) is 5.75 Å². The van der Waals surface area contributed by atoms with Crippen molar-refractivity contribution >= 4 is 17.7 Å². The molecule has 1 aromatic heterocycles. The first-order chi connectivity index (χ1) is 7.70. The van der Waals surface area contributed by atoms with Gasteiger partial charge in [0.15, 0.2) is 5.69 Å². The van der Waals surface area contributed by atoms with Crippen molar-refractivity contribution in [3.05, 3.63) is 23.0 Å². The topological polar surface area (TPSA) is 74.0 Å². The number of nitrogens with zero attached hydrogens (tertiary/aromatic N) is 2. The van der Waals surface area contributed by atoms with E-state index in [9.17, 15) is 4.79 Å². The van der Waals surface area contributed by atoms with Crippen LogP contribution in [0.2, 0.25) is 0 Å². The first kappa shape index (κ1) is 11.0. The molecule has 1 aliphatic rings. The summed E-state index contributed by atoms with van der Waals surface area (Å²) in [5, 5.41) is 17.5. The van der Waals surface area contributed by atoms with Crippen molar-refractivity contribution < 1.29 is 9.90 Å². The van der Waals surface area contributed by atoms with Gasteiger partial charge >= 0.3 is 5.97 Å². The van der Waals surface area contributed by atoms with Crippen molar-refractivity contribution in [3.8, 4) is 6.07 Å². The van der Waals surface area contributed by atoms with Crippen LogP contribution in [0.1, 0.15) is 23.4 Å². The number of rotatable bonds is 3. The number of carbonyl (C=O) groups is 1. The van der Waals surface area contributed by atoms with E-state index < -0.39 is 5.97 Å². The van der Waals surface area contributed by atoms with Crippen molar-refractivity contribution in [2.24, 2.45) is 0 Å². The van der Waals surface area contributed by atoms with Crippen molar-refractivity contribution in [2.75, 3.05) is 5.75 Å². The number of hydrogen-bond acceptors (Lipinski definition) is 4. The minimum atomic E-state index is -0.880. The van der Waals surface area contributed by atoms with Gasteiger partial charge in [-0.05, 0) is 30.9 Å². The van der Waals surface area contributed by atoms with Gasteiger partial charge in [0.1, 0.15) is 6.07 Å². The summed E-state index contributed by atoms with van der Waals surface area (Å²) in [5.74, 6) is -0.913. The van der Waals surface area contributed by atoms with E-state index in [1.165, 1.54) is 0 Å². The molecular formula is C11H10N2O2S. The fourth-order valence-corrected chi connectivity index (χ4v) is 2.51. The van der Waals surface area contributed by atoms with E-state index in [-0.39, 0.29) is 5.75 Å². The molecule has 16 heavy (non-hydrogen) atoms. The van der Waals surface area contributed by atoms with Gasteiger partial charge in [0, 0.05) is 10.6 Å². The van der Waals surface area contributed by atoms with E-state index in [0.717, 1.165) is 42.3 Å². The van der Waals surface area contributed by atoms with Crippen LogP contribution in [-0.4, -0.2) is 21.8 Å². The van der Waals surface area contributed by atoms with Crippen LogP contribution in [0.4, 0.5) is 0 Å². The molecule has 5 heteroatoms. The Morgan fingerprint density at radius 2 is 2.44 bits per heavy atom. The average molecular weight is 234 g/mol. The average Bonchev–Trinajstić information content (AvgIpc) is 2.71. The van der Waals surface area contributed by atoms with Crippen molar-refractivity contribution in [3.63, 3.8) is 0 Å². The molecule has 0 atom stereocenters. The van der Waals surface area contributed by atoms with Crippen LogP contribution in [0.5, 0.6) is 0 Å². The van der Waals surface area contributed by atoms with Crippen LogP contribution in [-0.2, 0) is 17.6 Å². The summed E-state index contributed by atoms with van der Waals surface area (Å²) in [6, 6.07) is 3.94. The Morgan fingerprint density at radius 1 is 1.62 bits per heavy atom. The molecule has 0 bridgehead atoms. The maximum Gasteiger partial charge on any atom is 0.313 e. The Balaban J connectivity index is 2.30. The molecule has 0 unspecified atom stereocenters. The molecular weight excluding hydrogens is 224 g/mol. The third-order valence-electron chi connectivity index (χ3n) is 2.47. The Kier molecular flexibility index (Phi) is 3.11. The Hall–Kier alpha value is -1.54. The predicted molar refractivity (Wildman–Crippen MR) is 59.3 cm³/mol. The number of aryl methyl sites for hydroxylation is 2. The standard InChI is InChI=1S/C11H10N2O2S/c12-5-9-10(16-6-11(14)15)4-7-2-1-3-8(7)13-9/h4H,1-3,6H2,(H,14,15). The van der Waals surface area contributed by atoms with E-state index in [2.05, 4.69) is 4.98 Å². The lowest BCUT2D eigenvalue weighted by Gasteiger charge is -2.05. The van der Waals surface area contributed by atoms with Crippen LogP contribution in [0.15, 0.2) is 11.0 Å². The summed E-state index contributed by atoms with van der Waals surface area (Å²) in [6.07, 6.45) is 2.98. The predicted octanol–water partition coefficient (Wildman–Crippen LogP) is 1.62. The highest BCUT2D eigenvalue weighted by Crippen LogP contribution is 2.28. The van der Waals surface area contributed by atoms with E-state index in [4.69, 9.17) is 10.4 Å². The van der Waals surface area contributed by atoms with Crippen LogP contribution in [0.25, 0.3) is 0 Å². The maximum atomic E-state index is 10.5. The molecule has 82 valence electrons. The molecule has 0 spiro atoms.